The molecule has 0 aliphatic carbocycles. The smallest absolute Gasteiger partial charge is 0.150 e. The van der Waals surface area contributed by atoms with Crippen LogP contribution in [0.15, 0.2) is 48.7 Å². The molecule has 1 fully saturated rings. The molecule has 4 rings (SSSR count). The quantitative estimate of drug-likeness (QED) is 0.742. The lowest BCUT2D eigenvalue weighted by Gasteiger charge is -2.33. The van der Waals surface area contributed by atoms with Gasteiger partial charge in [0.05, 0.1) is 36.8 Å². The number of phenolic OH excluding ortho intramolecular Hbond substituents is 1. The number of benzene rings is 2. The van der Waals surface area contributed by atoms with Gasteiger partial charge in [-0.2, -0.15) is 0 Å². The third-order valence-electron chi connectivity index (χ3n) is 5.00. The number of phenols is 1. The highest BCUT2D eigenvalue weighted by molar-refractivity contribution is 6.35. The molecule has 1 aliphatic rings. The van der Waals surface area contributed by atoms with E-state index in [4.69, 9.17) is 11.6 Å². The van der Waals surface area contributed by atoms with E-state index in [0.717, 1.165) is 42.8 Å². The molecule has 0 amide bonds. The molecule has 0 radical (unpaired) electrons. The molecule has 0 bridgehead atoms. The zero-order valence-electron chi connectivity index (χ0n) is 14.3. The summed E-state index contributed by atoms with van der Waals surface area (Å²) in [6.07, 6.45) is 1.66. The molecule has 2 aromatic carbocycles. The Labute approximate surface area is 156 Å². The molecular formula is C20H20ClFN3O+. The molecule has 4 nitrogen and oxygen atoms in total. The molecule has 0 spiro atoms. The molecule has 0 saturated carbocycles. The van der Waals surface area contributed by atoms with E-state index in [-0.39, 0.29) is 11.6 Å². The van der Waals surface area contributed by atoms with Crippen LogP contribution in [0.4, 0.5) is 10.1 Å². The number of nitrogens with zero attached hydrogens (tertiary/aromatic N) is 2. The van der Waals surface area contributed by atoms with Crippen molar-refractivity contribution in [2.75, 3.05) is 31.1 Å². The number of hydrogen-bond acceptors (Lipinski definition) is 3. The van der Waals surface area contributed by atoms with E-state index < -0.39 is 0 Å². The normalized spacial score (nSPS) is 15.5. The monoisotopic (exact) mass is 372 g/mol. The molecule has 3 aromatic rings. The summed E-state index contributed by atoms with van der Waals surface area (Å²) in [5.74, 6) is 0.00810. The number of aromatic nitrogens is 1. The van der Waals surface area contributed by atoms with Gasteiger partial charge in [0.1, 0.15) is 17.9 Å². The zero-order chi connectivity index (χ0) is 18.1. The largest absolute Gasteiger partial charge is 0.505 e. The lowest BCUT2D eigenvalue weighted by molar-refractivity contribution is -0.914. The second-order valence-electron chi connectivity index (χ2n) is 6.66. The van der Waals surface area contributed by atoms with Crippen molar-refractivity contribution in [1.29, 1.82) is 0 Å². The van der Waals surface area contributed by atoms with Crippen LogP contribution >= 0.6 is 11.6 Å². The van der Waals surface area contributed by atoms with Gasteiger partial charge < -0.3 is 14.9 Å². The van der Waals surface area contributed by atoms with Crippen molar-refractivity contribution in [2.24, 2.45) is 0 Å². The fourth-order valence-corrected chi connectivity index (χ4v) is 3.84. The van der Waals surface area contributed by atoms with Crippen LogP contribution in [0.1, 0.15) is 5.56 Å². The minimum Gasteiger partial charge on any atom is -0.505 e. The maximum absolute atomic E-state index is 13.1. The van der Waals surface area contributed by atoms with E-state index in [1.165, 1.54) is 17.0 Å². The van der Waals surface area contributed by atoms with Crippen molar-refractivity contribution in [2.45, 2.75) is 6.54 Å². The van der Waals surface area contributed by atoms with Gasteiger partial charge in [0.25, 0.3) is 0 Å². The van der Waals surface area contributed by atoms with Gasteiger partial charge in [-0.3, -0.25) is 4.98 Å². The van der Waals surface area contributed by atoms with E-state index in [0.29, 0.717) is 17.1 Å². The Bertz CT molecular complexity index is 924. The second kappa shape index (κ2) is 7.09. The highest BCUT2D eigenvalue weighted by Crippen LogP contribution is 2.32. The Balaban J connectivity index is 1.47. The summed E-state index contributed by atoms with van der Waals surface area (Å²) in [5, 5.41) is 12.0. The number of piperazine rings is 1. The average molecular weight is 373 g/mol. The van der Waals surface area contributed by atoms with Crippen molar-refractivity contribution in [1.82, 2.24) is 4.98 Å². The first-order valence-electron chi connectivity index (χ1n) is 8.71. The van der Waals surface area contributed by atoms with Gasteiger partial charge in [0, 0.05) is 17.3 Å². The van der Waals surface area contributed by atoms with Crippen LogP contribution < -0.4 is 9.80 Å². The summed E-state index contributed by atoms with van der Waals surface area (Å²) in [6, 6.07) is 12.2. The SMILES string of the molecule is Oc1c(C[NH+]2CCN(c3ccc(F)cc3)CC2)cc(Cl)c2cccnc12. The number of pyridine rings is 1. The van der Waals surface area contributed by atoms with Gasteiger partial charge in [0.15, 0.2) is 5.75 Å². The maximum atomic E-state index is 13.1. The molecule has 0 atom stereocenters. The first kappa shape index (κ1) is 17.1. The molecule has 134 valence electrons. The van der Waals surface area contributed by atoms with Crippen LogP contribution in [0.5, 0.6) is 5.75 Å². The molecule has 26 heavy (non-hydrogen) atoms. The van der Waals surface area contributed by atoms with Gasteiger partial charge in [-0.15, -0.1) is 0 Å². The molecular weight excluding hydrogens is 353 g/mol. The number of halogens is 2. The predicted octanol–water partition coefficient (Wildman–Crippen LogP) is 2.64. The molecule has 2 N–H and O–H groups in total. The van der Waals surface area contributed by atoms with E-state index in [2.05, 4.69) is 9.88 Å². The summed E-state index contributed by atoms with van der Waals surface area (Å²) in [7, 11) is 0. The second-order valence-corrected chi connectivity index (χ2v) is 7.06. The Morgan fingerprint density at radius 3 is 2.62 bits per heavy atom. The number of fused-ring (bicyclic) bond motifs is 1. The Kier molecular flexibility index (Phi) is 4.66. The molecule has 1 saturated heterocycles. The third-order valence-corrected chi connectivity index (χ3v) is 5.31. The molecule has 1 aromatic heterocycles. The van der Waals surface area contributed by atoms with E-state index in [9.17, 15) is 9.50 Å². The fourth-order valence-electron chi connectivity index (χ4n) is 3.55. The predicted molar refractivity (Wildman–Crippen MR) is 101 cm³/mol. The van der Waals surface area contributed by atoms with Gasteiger partial charge >= 0.3 is 0 Å². The number of aromatic hydroxyl groups is 1. The van der Waals surface area contributed by atoms with Crippen LogP contribution in [-0.4, -0.2) is 36.3 Å². The van der Waals surface area contributed by atoms with E-state index in [1.807, 2.05) is 30.3 Å². The van der Waals surface area contributed by atoms with Crippen LogP contribution in [0.25, 0.3) is 10.9 Å². The highest BCUT2D eigenvalue weighted by Gasteiger charge is 2.22. The minimum atomic E-state index is -0.213. The summed E-state index contributed by atoms with van der Waals surface area (Å²) in [6.45, 7) is 4.36. The number of anilines is 1. The first-order valence-corrected chi connectivity index (χ1v) is 9.09. The van der Waals surface area contributed by atoms with Gasteiger partial charge in [0.2, 0.25) is 0 Å². The molecule has 1 aliphatic heterocycles. The van der Waals surface area contributed by atoms with Gasteiger partial charge in [-0.1, -0.05) is 11.6 Å². The Morgan fingerprint density at radius 1 is 1.15 bits per heavy atom. The van der Waals surface area contributed by atoms with Crippen molar-refractivity contribution >= 4 is 28.2 Å². The van der Waals surface area contributed by atoms with Crippen LogP contribution in [0.3, 0.4) is 0 Å². The first-order chi connectivity index (χ1) is 12.6. The summed E-state index contributed by atoms with van der Waals surface area (Å²) in [4.78, 5) is 7.91. The minimum absolute atomic E-state index is 0.213. The fraction of sp³-hybridized carbons (Fsp3) is 0.250. The standard InChI is InChI=1S/C20H19ClFN3O/c21-18-12-14(20(26)19-17(18)2-1-7-23-19)13-24-8-10-25(11-9-24)16-5-3-15(22)4-6-16/h1-7,12,26H,8-11,13H2/p+1. The number of hydrogen-bond donors (Lipinski definition) is 2. The lowest BCUT2D eigenvalue weighted by atomic mass is 10.1. The van der Waals surface area contributed by atoms with Crippen LogP contribution in [0.2, 0.25) is 5.02 Å². The van der Waals surface area contributed by atoms with E-state index >= 15 is 0 Å². The molecule has 2 heterocycles. The van der Waals surface area contributed by atoms with E-state index in [1.54, 1.807) is 6.20 Å². The molecule has 6 heteroatoms. The summed E-state index contributed by atoms with van der Waals surface area (Å²) >= 11 is 6.37. The van der Waals surface area contributed by atoms with Crippen LogP contribution in [-0.2, 0) is 6.54 Å². The van der Waals surface area contributed by atoms with Crippen LogP contribution in [0, 0.1) is 5.82 Å². The lowest BCUT2D eigenvalue weighted by Crippen LogP contribution is -3.13. The number of rotatable bonds is 3. The molecule has 0 unspecified atom stereocenters. The topological polar surface area (TPSA) is 40.8 Å². The number of nitrogens with one attached hydrogen (secondary N) is 1. The van der Waals surface area contributed by atoms with Gasteiger partial charge in [-0.25, -0.2) is 4.39 Å². The third kappa shape index (κ3) is 3.32. The zero-order valence-corrected chi connectivity index (χ0v) is 15.0. The summed E-state index contributed by atoms with van der Waals surface area (Å²) < 4.78 is 13.1. The summed E-state index contributed by atoms with van der Waals surface area (Å²) in [5.41, 5.74) is 2.43. The van der Waals surface area contributed by atoms with Gasteiger partial charge in [-0.05, 0) is 42.5 Å². The number of quaternary nitrogens is 1. The Morgan fingerprint density at radius 2 is 1.88 bits per heavy atom. The average Bonchev–Trinajstić information content (AvgIpc) is 2.67. The maximum Gasteiger partial charge on any atom is 0.150 e. The van der Waals surface area contributed by atoms with Crippen molar-refractivity contribution in [3.8, 4) is 5.75 Å². The van der Waals surface area contributed by atoms with Crippen molar-refractivity contribution in [3.05, 3.63) is 65.1 Å². The Hall–Kier alpha value is -2.37. The van der Waals surface area contributed by atoms with Crippen molar-refractivity contribution in [3.63, 3.8) is 0 Å². The van der Waals surface area contributed by atoms with Crippen molar-refractivity contribution < 1.29 is 14.4 Å². The highest BCUT2D eigenvalue weighted by atomic mass is 35.5.